The summed E-state index contributed by atoms with van der Waals surface area (Å²) >= 11 is 0. The highest BCUT2D eigenvalue weighted by Gasteiger charge is 2.08. The van der Waals surface area contributed by atoms with Crippen LogP contribution in [0.4, 0.5) is 5.69 Å². The van der Waals surface area contributed by atoms with E-state index in [2.05, 4.69) is 37.0 Å². The molecule has 0 aliphatic rings. The summed E-state index contributed by atoms with van der Waals surface area (Å²) in [6, 6.07) is 12.0. The Kier molecular flexibility index (Phi) is 2.75. The summed E-state index contributed by atoms with van der Waals surface area (Å²) in [5, 5.41) is 0. The average molecular weight is 252 g/mol. The lowest BCUT2D eigenvalue weighted by Crippen LogP contribution is -1.92. The van der Waals surface area contributed by atoms with Gasteiger partial charge in [0.2, 0.25) is 0 Å². The molecule has 2 aromatic carbocycles. The molecular weight excluding hydrogens is 236 g/mol. The highest BCUT2D eigenvalue weighted by atomic mass is 16.3. The van der Waals surface area contributed by atoms with Gasteiger partial charge in [0.05, 0.1) is 0 Å². The van der Waals surface area contributed by atoms with Gasteiger partial charge in [-0.3, -0.25) is 0 Å². The maximum Gasteiger partial charge on any atom is 0.199 e. The molecule has 0 radical (unpaired) electrons. The number of fused-ring (bicyclic) bond motifs is 1. The normalized spacial score (nSPS) is 11.1. The average Bonchev–Trinajstić information content (AvgIpc) is 2.75. The first kappa shape index (κ1) is 11.8. The molecule has 0 bridgehead atoms. The van der Waals surface area contributed by atoms with Crippen LogP contribution in [0, 0.1) is 13.8 Å². The first-order valence-electron chi connectivity index (χ1n) is 6.33. The van der Waals surface area contributed by atoms with Gasteiger partial charge < -0.3 is 10.2 Å². The maximum atomic E-state index is 5.76. The summed E-state index contributed by atoms with van der Waals surface area (Å²) in [5.41, 5.74) is 11.8. The predicted molar refractivity (Wildman–Crippen MR) is 77.1 cm³/mol. The van der Waals surface area contributed by atoms with Gasteiger partial charge in [0.25, 0.3) is 0 Å². The van der Waals surface area contributed by atoms with E-state index in [0.717, 1.165) is 17.0 Å². The number of hydrogen-bond acceptors (Lipinski definition) is 3. The van der Waals surface area contributed by atoms with Crippen LogP contribution < -0.4 is 5.73 Å². The standard InChI is InChI=1S/C16H16N2O/c1-10-3-4-11(2)12(7-10)8-16-18-14-6-5-13(17)9-15(14)19-16/h3-7,9H,8,17H2,1-2H3. The second kappa shape index (κ2) is 4.43. The van der Waals surface area contributed by atoms with Crippen molar-refractivity contribution in [3.05, 3.63) is 59.0 Å². The maximum absolute atomic E-state index is 5.76. The summed E-state index contributed by atoms with van der Waals surface area (Å²) in [5.74, 6) is 0.731. The molecule has 0 unspecified atom stereocenters. The molecule has 96 valence electrons. The van der Waals surface area contributed by atoms with E-state index in [9.17, 15) is 0 Å². The fourth-order valence-corrected chi connectivity index (χ4v) is 2.22. The third-order valence-electron chi connectivity index (χ3n) is 3.30. The van der Waals surface area contributed by atoms with Gasteiger partial charge in [-0.15, -0.1) is 0 Å². The lowest BCUT2D eigenvalue weighted by Gasteiger charge is -2.04. The van der Waals surface area contributed by atoms with E-state index in [0.29, 0.717) is 12.1 Å². The molecule has 3 heteroatoms. The Bertz CT molecular complexity index is 744. The second-order valence-electron chi connectivity index (χ2n) is 4.94. The van der Waals surface area contributed by atoms with Gasteiger partial charge in [0.15, 0.2) is 11.5 Å². The van der Waals surface area contributed by atoms with Gasteiger partial charge in [-0.1, -0.05) is 23.8 Å². The van der Waals surface area contributed by atoms with Crippen LogP contribution in [0.1, 0.15) is 22.6 Å². The number of hydrogen-bond donors (Lipinski definition) is 1. The smallest absolute Gasteiger partial charge is 0.199 e. The predicted octanol–water partition coefficient (Wildman–Crippen LogP) is 3.62. The Morgan fingerprint density at radius 3 is 2.79 bits per heavy atom. The summed E-state index contributed by atoms with van der Waals surface area (Å²) in [6.45, 7) is 4.20. The van der Waals surface area contributed by atoms with Crippen LogP contribution in [0.15, 0.2) is 40.8 Å². The summed E-state index contributed by atoms with van der Waals surface area (Å²) < 4.78 is 5.76. The number of aromatic nitrogens is 1. The number of benzene rings is 2. The first-order valence-corrected chi connectivity index (χ1v) is 6.33. The van der Waals surface area contributed by atoms with Crippen molar-refractivity contribution >= 4 is 16.8 Å². The van der Waals surface area contributed by atoms with Gasteiger partial charge in [-0.05, 0) is 37.1 Å². The first-order chi connectivity index (χ1) is 9.11. The van der Waals surface area contributed by atoms with Crippen LogP contribution in [0.5, 0.6) is 0 Å². The third kappa shape index (κ3) is 2.32. The van der Waals surface area contributed by atoms with E-state index < -0.39 is 0 Å². The third-order valence-corrected chi connectivity index (χ3v) is 3.30. The van der Waals surface area contributed by atoms with E-state index in [1.165, 1.54) is 16.7 Å². The van der Waals surface area contributed by atoms with E-state index in [-0.39, 0.29) is 0 Å². The van der Waals surface area contributed by atoms with Crippen LogP contribution >= 0.6 is 0 Å². The van der Waals surface area contributed by atoms with E-state index >= 15 is 0 Å². The molecule has 0 spiro atoms. The molecule has 0 saturated carbocycles. The molecule has 0 fully saturated rings. The van der Waals surface area contributed by atoms with Crippen LogP contribution in [-0.2, 0) is 6.42 Å². The number of nitrogens with two attached hydrogens (primary N) is 1. The second-order valence-corrected chi connectivity index (χ2v) is 4.94. The Labute approximate surface area is 112 Å². The fourth-order valence-electron chi connectivity index (χ4n) is 2.22. The molecule has 0 saturated heterocycles. The molecule has 19 heavy (non-hydrogen) atoms. The zero-order chi connectivity index (χ0) is 13.4. The SMILES string of the molecule is Cc1ccc(C)c(Cc2nc3ccc(N)cc3o2)c1. The fraction of sp³-hybridized carbons (Fsp3) is 0.188. The molecule has 0 atom stereocenters. The summed E-state index contributed by atoms with van der Waals surface area (Å²) in [7, 11) is 0. The van der Waals surface area contributed by atoms with Gasteiger partial charge in [0, 0.05) is 18.2 Å². The molecule has 1 aromatic heterocycles. The van der Waals surface area contributed by atoms with Gasteiger partial charge in [-0.25, -0.2) is 4.98 Å². The highest BCUT2D eigenvalue weighted by Crippen LogP contribution is 2.21. The zero-order valence-electron chi connectivity index (χ0n) is 11.1. The minimum absolute atomic E-state index is 0.696. The van der Waals surface area contributed by atoms with Crippen LogP contribution in [0.2, 0.25) is 0 Å². The van der Waals surface area contributed by atoms with Crippen molar-refractivity contribution in [3.63, 3.8) is 0 Å². The number of rotatable bonds is 2. The van der Waals surface area contributed by atoms with Crippen molar-refractivity contribution in [2.24, 2.45) is 0 Å². The Morgan fingerprint density at radius 2 is 1.95 bits per heavy atom. The number of nitrogen functional groups attached to an aromatic ring is 1. The monoisotopic (exact) mass is 252 g/mol. The largest absolute Gasteiger partial charge is 0.440 e. The Balaban J connectivity index is 1.98. The zero-order valence-corrected chi connectivity index (χ0v) is 11.1. The Hall–Kier alpha value is -2.29. The van der Waals surface area contributed by atoms with E-state index in [1.807, 2.05) is 18.2 Å². The molecule has 0 aliphatic carbocycles. The van der Waals surface area contributed by atoms with Crippen LogP contribution in [0.25, 0.3) is 11.1 Å². The Morgan fingerprint density at radius 1 is 1.11 bits per heavy atom. The topological polar surface area (TPSA) is 52.0 Å². The molecule has 3 rings (SSSR count). The van der Waals surface area contributed by atoms with Crippen molar-refractivity contribution in [3.8, 4) is 0 Å². The van der Waals surface area contributed by atoms with Crippen molar-refractivity contribution in [2.45, 2.75) is 20.3 Å². The van der Waals surface area contributed by atoms with Gasteiger partial charge >= 0.3 is 0 Å². The summed E-state index contributed by atoms with van der Waals surface area (Å²) in [6.07, 6.45) is 0.710. The molecule has 0 aliphatic heterocycles. The van der Waals surface area contributed by atoms with Crippen molar-refractivity contribution in [1.29, 1.82) is 0 Å². The number of aryl methyl sites for hydroxylation is 2. The minimum Gasteiger partial charge on any atom is -0.440 e. The summed E-state index contributed by atoms with van der Waals surface area (Å²) in [4.78, 5) is 4.50. The molecule has 3 nitrogen and oxygen atoms in total. The van der Waals surface area contributed by atoms with Crippen molar-refractivity contribution in [2.75, 3.05) is 5.73 Å². The van der Waals surface area contributed by atoms with E-state index in [1.54, 1.807) is 0 Å². The van der Waals surface area contributed by atoms with Crippen molar-refractivity contribution in [1.82, 2.24) is 4.98 Å². The number of anilines is 1. The lowest BCUT2D eigenvalue weighted by atomic mass is 10.0. The van der Waals surface area contributed by atoms with Gasteiger partial charge in [0.1, 0.15) is 5.52 Å². The number of oxazole rings is 1. The van der Waals surface area contributed by atoms with Crippen LogP contribution in [0.3, 0.4) is 0 Å². The molecule has 1 heterocycles. The van der Waals surface area contributed by atoms with Crippen LogP contribution in [-0.4, -0.2) is 4.98 Å². The molecule has 3 aromatic rings. The number of nitrogens with zero attached hydrogens (tertiary/aromatic N) is 1. The minimum atomic E-state index is 0.696. The van der Waals surface area contributed by atoms with Crippen molar-refractivity contribution < 1.29 is 4.42 Å². The highest BCUT2D eigenvalue weighted by molar-refractivity contribution is 5.76. The van der Waals surface area contributed by atoms with E-state index in [4.69, 9.17) is 10.2 Å². The molecule has 2 N–H and O–H groups in total. The molecule has 0 amide bonds. The quantitative estimate of drug-likeness (QED) is 0.709. The van der Waals surface area contributed by atoms with Gasteiger partial charge in [-0.2, -0.15) is 0 Å². The molecular formula is C16H16N2O. The lowest BCUT2D eigenvalue weighted by molar-refractivity contribution is 0.543.